The Morgan fingerprint density at radius 2 is 0.589 bits per heavy atom. The van der Waals surface area contributed by atoms with Crippen LogP contribution in [0.4, 0.5) is 0 Å². The van der Waals surface area contributed by atoms with Crippen LogP contribution < -0.4 is 0 Å². The molecule has 0 bridgehead atoms. The predicted molar refractivity (Wildman–Crippen MR) is 496 cm³/mol. The average Bonchev–Trinajstić information content (AvgIpc) is 1.60. The van der Waals surface area contributed by atoms with E-state index in [9.17, 15) is 0 Å². The van der Waals surface area contributed by atoms with E-state index >= 15 is 0 Å². The van der Waals surface area contributed by atoms with E-state index in [0.717, 1.165) is 0 Å². The molecule has 6 atom stereocenters. The number of thiophene rings is 12. The van der Waals surface area contributed by atoms with E-state index in [1.165, 1.54) is 191 Å². The van der Waals surface area contributed by atoms with Gasteiger partial charge in [-0.3, -0.25) is 0 Å². The molecule has 18 rings (SSSR count). The zero-order valence-corrected chi connectivity index (χ0v) is 81.8. The fraction of sp³-hybridized carbons (Fsp3) is 0.200. The molecule has 6 aliphatic rings. The molecule has 6 aliphatic heterocycles. The second-order valence-corrected chi connectivity index (χ2v) is 52.7. The van der Waals surface area contributed by atoms with Gasteiger partial charge >= 0.3 is 0 Å². The lowest BCUT2D eigenvalue weighted by Gasteiger charge is -2.06. The molecule has 0 spiro atoms. The molecule has 0 N–H and O–H groups in total. The molecule has 0 radical (unpaired) electrons. The van der Waals surface area contributed by atoms with Gasteiger partial charge in [0, 0.05) is 71.7 Å². The van der Waals surface area contributed by atoms with Crippen molar-refractivity contribution in [1.29, 1.82) is 0 Å². The van der Waals surface area contributed by atoms with Crippen molar-refractivity contribution in [2.75, 3.05) is 0 Å². The fourth-order valence-corrected chi connectivity index (χ4v) is 51.1. The second kappa shape index (κ2) is 27.3. The lowest BCUT2D eigenvalue weighted by molar-refractivity contribution is 1.13. The SMILES string of the molecule is CC1=CC2SC(c3sc4c(Br)c(-c5sc6cc(C)sc6c5Br)sc4c3Br)=C(Br)C2S1.CC1=CC2SC(c3sc4c(Br)c(-c5sc6cc(C)sc6c5Br)sc4c3Br)=C(Br)C2S1.CC1=CC2SC(c3sc4c(I)c(-c5sc6cc(C)sc6c5I)sc4c3I)=C(I)C2S1. The first-order chi connectivity index (χ1) is 43.0. The molecule has 0 saturated carbocycles. The van der Waals surface area contributed by atoms with Crippen molar-refractivity contribution in [2.24, 2.45) is 0 Å². The molecule has 0 amide bonds. The number of thioether (sulfide) groups is 6. The predicted octanol–water partition coefficient (Wildman–Crippen LogP) is 34.7. The van der Waals surface area contributed by atoms with Gasteiger partial charge in [-0.15, -0.1) is 207 Å². The van der Waals surface area contributed by atoms with Gasteiger partial charge in [0.1, 0.15) is 0 Å². The Morgan fingerprint density at radius 1 is 0.289 bits per heavy atom. The van der Waals surface area contributed by atoms with Crippen LogP contribution in [0, 0.1) is 31.5 Å². The van der Waals surface area contributed by atoms with Gasteiger partial charge in [0.2, 0.25) is 0 Å². The molecule has 0 aliphatic carbocycles. The first kappa shape index (κ1) is 69.6. The molecular weight excluding hydrogens is 2440 g/mol. The maximum absolute atomic E-state index is 3.96. The third-order valence-electron chi connectivity index (χ3n) is 15.0. The van der Waals surface area contributed by atoms with Crippen molar-refractivity contribution in [2.45, 2.75) is 73.0 Å². The van der Waals surface area contributed by atoms with Crippen LogP contribution in [0.25, 0.3) is 100 Å². The van der Waals surface area contributed by atoms with E-state index < -0.39 is 0 Å². The Labute approximate surface area is 714 Å². The molecule has 0 nitrogen and oxygen atoms in total. The molecule has 12 aromatic heterocycles. The Balaban J connectivity index is 0.000000108. The first-order valence-electron chi connectivity index (χ1n) is 26.5. The summed E-state index contributed by atoms with van der Waals surface area (Å²) in [7, 11) is 0. The summed E-state index contributed by atoms with van der Waals surface area (Å²) in [4.78, 5) is 25.2. The maximum Gasteiger partial charge on any atom is 0.0618 e. The lowest BCUT2D eigenvalue weighted by atomic mass is 10.2. The van der Waals surface area contributed by atoms with Crippen molar-refractivity contribution in [1.82, 2.24) is 0 Å². The Bertz CT molecular complexity index is 4810. The highest BCUT2D eigenvalue weighted by Gasteiger charge is 2.43. The lowest BCUT2D eigenvalue weighted by Crippen LogP contribution is -2.07. The third kappa shape index (κ3) is 12.0. The normalized spacial score (nSPS) is 21.5. The highest BCUT2D eigenvalue weighted by atomic mass is 127. The van der Waals surface area contributed by atoms with Gasteiger partial charge in [-0.05, 0) is 260 Å². The highest BCUT2D eigenvalue weighted by molar-refractivity contribution is 14.1. The molecule has 30 heteroatoms. The molecule has 0 aromatic carbocycles. The van der Waals surface area contributed by atoms with E-state index in [0.29, 0.717) is 31.5 Å². The summed E-state index contributed by atoms with van der Waals surface area (Å²) in [5.74, 6) is 0. The average molecular weight is 2470 g/mol. The number of hydrogen-bond acceptors (Lipinski definition) is 18. The number of halogens is 12. The van der Waals surface area contributed by atoms with Gasteiger partial charge in [0.05, 0.1) is 139 Å². The number of fused-ring (bicyclic) bond motifs is 9. The molecule has 18 heterocycles. The van der Waals surface area contributed by atoms with Gasteiger partial charge in [0.25, 0.3) is 0 Å². The minimum absolute atomic E-state index is 0.523. The monoisotopic (exact) mass is 2460 g/mol. The zero-order chi connectivity index (χ0) is 62.7. The molecule has 6 unspecified atom stereocenters. The van der Waals surface area contributed by atoms with Crippen molar-refractivity contribution in [3.63, 3.8) is 0 Å². The van der Waals surface area contributed by atoms with Crippen LogP contribution in [0.5, 0.6) is 0 Å². The smallest absolute Gasteiger partial charge is 0.0618 e. The number of aryl methyl sites for hydroxylation is 3. The summed E-state index contributed by atoms with van der Waals surface area (Å²) in [5, 5.41) is 3.38. The molecule has 0 saturated heterocycles. The van der Waals surface area contributed by atoms with Crippen LogP contribution in [0.2, 0.25) is 0 Å². The van der Waals surface area contributed by atoms with Crippen LogP contribution in [-0.2, 0) is 0 Å². The number of allylic oxidation sites excluding steroid dienone is 3. The standard InChI is InChI=1S/2C20H10Br4S6.C20H10I4S6/c3*1-5-3-7-13(25-5)9(21)15(27-7)17-11(23)19-20(29-17)12(24)18(30-19)16-10(22)14-8(28-16)4-6(2)26-14/h3*3-4,7,13H,1-2H3. The number of rotatable bonds is 6. The zero-order valence-electron chi connectivity index (χ0n) is 45.8. The van der Waals surface area contributed by atoms with Crippen LogP contribution in [0.15, 0.2) is 90.5 Å². The summed E-state index contributed by atoms with van der Waals surface area (Å²) >= 11 is 76.9. The Morgan fingerprint density at radius 3 is 1.01 bits per heavy atom. The fourth-order valence-electron chi connectivity index (χ4n) is 11.1. The van der Waals surface area contributed by atoms with E-state index in [2.05, 4.69) is 308 Å². The van der Waals surface area contributed by atoms with E-state index in [-0.39, 0.29) is 0 Å². The van der Waals surface area contributed by atoms with Gasteiger partial charge in [-0.1, -0.05) is 50.1 Å². The molecule has 0 fully saturated rings. The van der Waals surface area contributed by atoms with E-state index in [4.69, 9.17) is 0 Å². The van der Waals surface area contributed by atoms with Crippen molar-refractivity contribution in [3.8, 4) is 29.3 Å². The maximum atomic E-state index is 3.96. The Hall–Kier alpha value is 5.26. The van der Waals surface area contributed by atoms with Crippen molar-refractivity contribution < 1.29 is 0 Å². The van der Waals surface area contributed by atoms with Crippen LogP contribution >= 0.6 is 424 Å². The Kier molecular flexibility index (Phi) is 21.1. The highest BCUT2D eigenvalue weighted by Crippen LogP contribution is 2.66. The molecule has 12 aromatic rings. The third-order valence-corrected chi connectivity index (χ3v) is 57.2. The summed E-state index contributed by atoms with van der Waals surface area (Å²) in [6.45, 7) is 13.2. The topological polar surface area (TPSA) is 0 Å². The first-order valence-corrected chi connectivity index (χ1v) is 52.3. The van der Waals surface area contributed by atoms with Gasteiger partial charge in [0.15, 0.2) is 0 Å². The number of hydrogen-bond donors (Lipinski definition) is 0. The van der Waals surface area contributed by atoms with Crippen LogP contribution in [-0.4, -0.2) is 31.5 Å². The van der Waals surface area contributed by atoms with E-state index in [1.54, 1.807) is 3.58 Å². The van der Waals surface area contributed by atoms with Crippen LogP contribution in [0.3, 0.4) is 0 Å². The summed E-state index contributed by atoms with van der Waals surface area (Å²) in [6, 6.07) is 6.93. The summed E-state index contributed by atoms with van der Waals surface area (Å²) < 4.78 is 32.6. The van der Waals surface area contributed by atoms with Crippen molar-refractivity contribution >= 4 is 496 Å². The van der Waals surface area contributed by atoms with Crippen LogP contribution in [0.1, 0.15) is 50.0 Å². The van der Waals surface area contributed by atoms with Crippen molar-refractivity contribution in [3.05, 3.63) is 130 Å². The minimum atomic E-state index is 0.523. The quantitative estimate of drug-likeness (QED) is 0.151. The largest absolute Gasteiger partial charge is 0.139 e. The molecular formula is C60H30Br8I4S18. The van der Waals surface area contributed by atoms with Gasteiger partial charge < -0.3 is 0 Å². The second-order valence-electron chi connectivity index (χ2n) is 21.1. The molecule has 462 valence electrons. The summed E-state index contributed by atoms with van der Waals surface area (Å²) in [6.07, 6.45) is 7.28. The summed E-state index contributed by atoms with van der Waals surface area (Å²) in [5.41, 5.74) is 0. The van der Waals surface area contributed by atoms with Gasteiger partial charge in [-0.25, -0.2) is 0 Å². The minimum Gasteiger partial charge on any atom is -0.139 e. The van der Waals surface area contributed by atoms with Gasteiger partial charge in [-0.2, -0.15) is 0 Å². The molecule has 90 heavy (non-hydrogen) atoms. The van der Waals surface area contributed by atoms with E-state index in [1.807, 2.05) is 195 Å².